The highest BCUT2D eigenvalue weighted by Gasteiger charge is 2.28. The maximum Gasteiger partial charge on any atom is 0.261 e. The molecule has 2 aromatic rings. The first-order chi connectivity index (χ1) is 13.8. The zero-order valence-corrected chi connectivity index (χ0v) is 18.3. The molecule has 2 rings (SSSR count). The molecule has 0 saturated heterocycles. The van der Waals surface area contributed by atoms with Crippen LogP contribution >= 0.6 is 23.2 Å². The molecule has 0 unspecified atom stereocenters. The van der Waals surface area contributed by atoms with Gasteiger partial charge in [-0.1, -0.05) is 54.4 Å². The quantitative estimate of drug-likeness (QED) is 0.619. The zero-order chi connectivity index (χ0) is 21.4. The summed E-state index contributed by atoms with van der Waals surface area (Å²) in [4.78, 5) is 27.1. The van der Waals surface area contributed by atoms with E-state index >= 15 is 0 Å². The van der Waals surface area contributed by atoms with Crippen molar-refractivity contribution in [2.75, 3.05) is 6.61 Å². The number of benzene rings is 2. The minimum Gasteiger partial charge on any atom is -0.484 e. The molecule has 1 N–H and O–H groups in total. The lowest BCUT2D eigenvalue weighted by Gasteiger charge is -2.30. The van der Waals surface area contributed by atoms with Crippen molar-refractivity contribution in [1.29, 1.82) is 0 Å². The number of halogens is 2. The van der Waals surface area contributed by atoms with E-state index in [2.05, 4.69) is 5.32 Å². The Bertz CT molecular complexity index is 810. The van der Waals surface area contributed by atoms with Gasteiger partial charge in [0.15, 0.2) is 6.61 Å². The van der Waals surface area contributed by atoms with E-state index in [9.17, 15) is 9.59 Å². The summed E-state index contributed by atoms with van der Waals surface area (Å²) in [6.07, 6.45) is 0.792. The Labute approximate surface area is 181 Å². The molecule has 0 saturated carbocycles. The van der Waals surface area contributed by atoms with Crippen LogP contribution in [0.3, 0.4) is 0 Å². The van der Waals surface area contributed by atoms with Crippen LogP contribution in [0.15, 0.2) is 48.5 Å². The molecule has 7 heteroatoms. The Hall–Kier alpha value is -2.24. The van der Waals surface area contributed by atoms with Crippen molar-refractivity contribution < 1.29 is 14.3 Å². The minimum atomic E-state index is -0.719. The third-order valence-corrected chi connectivity index (χ3v) is 5.37. The van der Waals surface area contributed by atoms with E-state index in [-0.39, 0.29) is 31.0 Å². The van der Waals surface area contributed by atoms with E-state index in [1.165, 1.54) is 4.90 Å². The molecule has 156 valence electrons. The number of ether oxygens (including phenoxy) is 1. The SMILES string of the molecule is CC[C@H](C)NC(=O)[C@@H](C)N(Cc1c(Cl)cccc1Cl)C(=O)COc1ccccc1. The van der Waals surface area contributed by atoms with Crippen LogP contribution < -0.4 is 10.1 Å². The predicted octanol–water partition coefficient (Wildman–Crippen LogP) is 4.70. The Balaban J connectivity index is 2.21. The number of rotatable bonds is 9. The lowest BCUT2D eigenvalue weighted by molar-refractivity contribution is -0.142. The van der Waals surface area contributed by atoms with Gasteiger partial charge in [0.25, 0.3) is 5.91 Å². The third-order valence-electron chi connectivity index (χ3n) is 4.66. The summed E-state index contributed by atoms with van der Waals surface area (Å²) in [5.41, 5.74) is 0.590. The molecule has 0 bridgehead atoms. The van der Waals surface area contributed by atoms with Crippen LogP contribution in [0, 0.1) is 0 Å². The summed E-state index contributed by atoms with van der Waals surface area (Å²) < 4.78 is 5.59. The van der Waals surface area contributed by atoms with Crippen LogP contribution in [-0.2, 0) is 16.1 Å². The number of carbonyl (C=O) groups excluding carboxylic acids is 2. The normalized spacial score (nSPS) is 12.7. The average Bonchev–Trinajstić information content (AvgIpc) is 2.72. The molecular formula is C22H26Cl2N2O3. The molecular weight excluding hydrogens is 411 g/mol. The van der Waals surface area contributed by atoms with Gasteiger partial charge in [-0.2, -0.15) is 0 Å². The van der Waals surface area contributed by atoms with E-state index in [4.69, 9.17) is 27.9 Å². The highest BCUT2D eigenvalue weighted by atomic mass is 35.5. The van der Waals surface area contributed by atoms with Crippen LogP contribution in [0.4, 0.5) is 0 Å². The number of para-hydroxylation sites is 1. The van der Waals surface area contributed by atoms with Gasteiger partial charge in [0.1, 0.15) is 11.8 Å². The molecule has 0 aliphatic rings. The second-order valence-electron chi connectivity index (χ2n) is 6.82. The van der Waals surface area contributed by atoms with Crippen molar-refractivity contribution in [3.05, 3.63) is 64.1 Å². The fourth-order valence-electron chi connectivity index (χ4n) is 2.65. The van der Waals surface area contributed by atoms with Gasteiger partial charge in [0, 0.05) is 28.2 Å². The van der Waals surface area contributed by atoms with Crippen LogP contribution in [0.2, 0.25) is 10.0 Å². The lowest BCUT2D eigenvalue weighted by atomic mass is 10.1. The van der Waals surface area contributed by atoms with Crippen LogP contribution in [0.5, 0.6) is 5.75 Å². The summed E-state index contributed by atoms with van der Waals surface area (Å²) >= 11 is 12.6. The van der Waals surface area contributed by atoms with Gasteiger partial charge in [0.05, 0.1) is 0 Å². The van der Waals surface area contributed by atoms with Gasteiger partial charge in [-0.25, -0.2) is 0 Å². The number of nitrogens with one attached hydrogen (secondary N) is 1. The van der Waals surface area contributed by atoms with E-state index in [0.717, 1.165) is 6.42 Å². The van der Waals surface area contributed by atoms with Gasteiger partial charge in [0.2, 0.25) is 5.91 Å². The predicted molar refractivity (Wildman–Crippen MR) is 116 cm³/mol. The summed E-state index contributed by atoms with van der Waals surface area (Å²) in [6, 6.07) is 13.5. The molecule has 5 nitrogen and oxygen atoms in total. The van der Waals surface area contributed by atoms with E-state index in [1.807, 2.05) is 32.0 Å². The maximum atomic E-state index is 13.0. The highest BCUT2D eigenvalue weighted by Crippen LogP contribution is 2.26. The van der Waals surface area contributed by atoms with Crippen molar-refractivity contribution in [3.8, 4) is 5.75 Å². The zero-order valence-electron chi connectivity index (χ0n) is 16.8. The summed E-state index contributed by atoms with van der Waals surface area (Å²) in [5, 5.41) is 3.79. The summed E-state index contributed by atoms with van der Waals surface area (Å²) in [5.74, 6) is 0.000476. The third kappa shape index (κ3) is 6.65. The first-order valence-corrected chi connectivity index (χ1v) is 10.3. The summed E-state index contributed by atoms with van der Waals surface area (Å²) in [6.45, 7) is 5.48. The molecule has 0 aromatic heterocycles. The Morgan fingerprint density at radius 2 is 1.66 bits per heavy atom. The standard InChI is InChI=1S/C22H26Cl2N2O3/c1-4-15(2)25-22(28)16(3)26(13-18-19(23)11-8-12-20(18)24)21(27)14-29-17-9-6-5-7-10-17/h5-12,15-16H,4,13-14H2,1-3H3,(H,25,28)/t15-,16+/m0/s1. The van der Waals surface area contributed by atoms with Gasteiger partial charge >= 0.3 is 0 Å². The van der Waals surface area contributed by atoms with Crippen LogP contribution in [0.1, 0.15) is 32.8 Å². The van der Waals surface area contributed by atoms with Gasteiger partial charge in [-0.15, -0.1) is 0 Å². The van der Waals surface area contributed by atoms with Gasteiger partial charge in [-0.3, -0.25) is 9.59 Å². The number of hydrogen-bond acceptors (Lipinski definition) is 3. The Kier molecular flexibility index (Phi) is 8.80. The molecule has 0 fully saturated rings. The second-order valence-corrected chi connectivity index (χ2v) is 7.63. The van der Waals surface area contributed by atoms with Crippen molar-refractivity contribution in [2.24, 2.45) is 0 Å². The molecule has 0 aliphatic heterocycles. The summed E-state index contributed by atoms with van der Waals surface area (Å²) in [7, 11) is 0. The van der Waals surface area contributed by atoms with Gasteiger partial charge < -0.3 is 15.0 Å². The van der Waals surface area contributed by atoms with E-state index < -0.39 is 6.04 Å². The van der Waals surface area contributed by atoms with Crippen LogP contribution in [0.25, 0.3) is 0 Å². The Morgan fingerprint density at radius 3 is 2.24 bits per heavy atom. The fourth-order valence-corrected chi connectivity index (χ4v) is 3.16. The highest BCUT2D eigenvalue weighted by molar-refractivity contribution is 6.36. The second kappa shape index (κ2) is 11.1. The molecule has 0 spiro atoms. The fraction of sp³-hybridized carbons (Fsp3) is 0.364. The minimum absolute atomic E-state index is 0.00590. The number of carbonyl (C=O) groups is 2. The molecule has 0 radical (unpaired) electrons. The molecule has 0 aliphatic carbocycles. The average molecular weight is 437 g/mol. The molecule has 29 heavy (non-hydrogen) atoms. The topological polar surface area (TPSA) is 58.6 Å². The largest absolute Gasteiger partial charge is 0.484 e. The molecule has 2 aromatic carbocycles. The van der Waals surface area contributed by atoms with Crippen molar-refractivity contribution in [1.82, 2.24) is 10.2 Å². The van der Waals surface area contributed by atoms with E-state index in [0.29, 0.717) is 21.4 Å². The molecule has 2 atom stereocenters. The van der Waals surface area contributed by atoms with E-state index in [1.54, 1.807) is 37.3 Å². The number of nitrogens with zero attached hydrogens (tertiary/aromatic N) is 1. The van der Waals surface area contributed by atoms with Crippen molar-refractivity contribution in [2.45, 2.75) is 45.8 Å². The monoisotopic (exact) mass is 436 g/mol. The Morgan fingerprint density at radius 1 is 1.03 bits per heavy atom. The van der Waals surface area contributed by atoms with Gasteiger partial charge in [-0.05, 0) is 44.5 Å². The lowest BCUT2D eigenvalue weighted by Crippen LogP contribution is -2.50. The number of hydrogen-bond donors (Lipinski definition) is 1. The first-order valence-electron chi connectivity index (χ1n) is 9.54. The first kappa shape index (κ1) is 23.0. The van der Waals surface area contributed by atoms with Crippen molar-refractivity contribution >= 4 is 35.0 Å². The molecule has 0 heterocycles. The molecule has 2 amide bonds. The maximum absolute atomic E-state index is 13.0. The van der Waals surface area contributed by atoms with Crippen LogP contribution in [-0.4, -0.2) is 35.4 Å². The van der Waals surface area contributed by atoms with Crippen molar-refractivity contribution in [3.63, 3.8) is 0 Å². The number of amides is 2. The smallest absolute Gasteiger partial charge is 0.261 e.